The van der Waals surface area contributed by atoms with Gasteiger partial charge in [-0.2, -0.15) is 0 Å². The topological polar surface area (TPSA) is 37.4 Å². The number of hydrogen-bond acceptors (Lipinski definition) is 3. The molecule has 0 N–H and O–H groups in total. The summed E-state index contributed by atoms with van der Waals surface area (Å²) in [5.74, 6) is -0.403. The Hall–Kier alpha value is -1.26. The van der Waals surface area contributed by atoms with Crippen LogP contribution in [0.1, 0.15) is 6.92 Å². The van der Waals surface area contributed by atoms with E-state index in [4.69, 9.17) is 11.6 Å². The molecule has 1 aliphatic heterocycles. The molecule has 0 radical (unpaired) electrons. The molecule has 0 saturated carbocycles. The quantitative estimate of drug-likeness (QED) is 0.774. The van der Waals surface area contributed by atoms with Crippen LogP contribution in [0.25, 0.3) is 0 Å². The maximum absolute atomic E-state index is 12.1. The molecule has 1 atom stereocenters. The van der Waals surface area contributed by atoms with Gasteiger partial charge in [0.05, 0.1) is 10.7 Å². The van der Waals surface area contributed by atoms with Crippen molar-refractivity contribution in [3.8, 4) is 0 Å². The number of para-hydroxylation sites is 1. The number of nitrogens with zero attached hydrogens (tertiary/aromatic N) is 1. The van der Waals surface area contributed by atoms with Crippen LogP contribution in [0.5, 0.6) is 0 Å². The van der Waals surface area contributed by atoms with Crippen molar-refractivity contribution in [3.63, 3.8) is 0 Å². The van der Waals surface area contributed by atoms with Gasteiger partial charge in [-0.1, -0.05) is 23.7 Å². The predicted octanol–water partition coefficient (Wildman–Crippen LogP) is 2.85. The highest BCUT2D eigenvalue weighted by atomic mass is 35.5. The summed E-state index contributed by atoms with van der Waals surface area (Å²) < 4.78 is 0. The lowest BCUT2D eigenvalue weighted by atomic mass is 10.2. The van der Waals surface area contributed by atoms with Gasteiger partial charge in [-0.25, -0.2) is 0 Å². The molecule has 1 amide bonds. The maximum atomic E-state index is 12.1. The lowest BCUT2D eigenvalue weighted by molar-refractivity contribution is -0.124. The fourth-order valence-corrected chi connectivity index (χ4v) is 2.55. The molecule has 2 rings (SSSR count). The van der Waals surface area contributed by atoms with Crippen LogP contribution in [0.15, 0.2) is 35.9 Å². The van der Waals surface area contributed by atoms with Crippen molar-refractivity contribution in [3.05, 3.63) is 40.9 Å². The van der Waals surface area contributed by atoms with Crippen LogP contribution in [0, 0.1) is 0 Å². The molecule has 1 aromatic rings. The van der Waals surface area contributed by atoms with Crippen molar-refractivity contribution in [2.45, 2.75) is 12.2 Å². The molecule has 1 aromatic carbocycles. The monoisotopic (exact) mass is 267 g/mol. The minimum Gasteiger partial charge on any atom is -0.298 e. The minimum absolute atomic E-state index is 0.151. The molecule has 1 heterocycles. The molecular weight excluding hydrogens is 258 g/mol. The first-order chi connectivity index (χ1) is 8.11. The third kappa shape index (κ3) is 2.37. The van der Waals surface area contributed by atoms with Gasteiger partial charge >= 0.3 is 0 Å². The zero-order valence-corrected chi connectivity index (χ0v) is 10.7. The summed E-state index contributed by atoms with van der Waals surface area (Å²) in [6.07, 6.45) is 1.63. The second-order valence-electron chi connectivity index (χ2n) is 3.57. The van der Waals surface area contributed by atoms with Gasteiger partial charge in [-0.3, -0.25) is 14.5 Å². The van der Waals surface area contributed by atoms with E-state index in [9.17, 15) is 9.59 Å². The van der Waals surface area contributed by atoms with Gasteiger partial charge in [-0.15, -0.1) is 11.8 Å². The normalized spacial score (nSPS) is 19.5. The average molecular weight is 268 g/mol. The number of thioether (sulfide) groups is 1. The Labute approximate surface area is 108 Å². The zero-order chi connectivity index (χ0) is 12.4. The summed E-state index contributed by atoms with van der Waals surface area (Å²) in [7, 11) is 0. The van der Waals surface area contributed by atoms with Crippen LogP contribution >= 0.6 is 23.4 Å². The van der Waals surface area contributed by atoms with E-state index in [-0.39, 0.29) is 11.7 Å². The van der Waals surface area contributed by atoms with Crippen molar-refractivity contribution in [1.29, 1.82) is 0 Å². The maximum Gasteiger partial charge on any atom is 0.252 e. The number of Topliss-reactive ketones (excluding diaryl/α,β-unsaturated/α-hetero) is 1. The Morgan fingerprint density at radius 2 is 2.12 bits per heavy atom. The van der Waals surface area contributed by atoms with Gasteiger partial charge in [0.15, 0.2) is 5.78 Å². The number of anilines is 1. The predicted molar refractivity (Wildman–Crippen MR) is 70.1 cm³/mol. The van der Waals surface area contributed by atoms with Gasteiger partial charge in [0.2, 0.25) is 0 Å². The first-order valence-corrected chi connectivity index (χ1v) is 6.33. The number of amides is 1. The van der Waals surface area contributed by atoms with Crippen molar-refractivity contribution in [2.75, 3.05) is 4.90 Å². The Balaban J connectivity index is 2.37. The Morgan fingerprint density at radius 3 is 2.76 bits per heavy atom. The molecule has 0 fully saturated rings. The van der Waals surface area contributed by atoms with E-state index in [1.54, 1.807) is 35.9 Å². The second kappa shape index (κ2) is 4.94. The number of hydrogen-bond donors (Lipinski definition) is 0. The lowest BCUT2D eigenvalue weighted by Gasteiger charge is -2.26. The molecule has 0 saturated heterocycles. The van der Waals surface area contributed by atoms with Gasteiger partial charge in [0.1, 0.15) is 5.25 Å². The van der Waals surface area contributed by atoms with E-state index in [1.807, 2.05) is 0 Å². The van der Waals surface area contributed by atoms with E-state index in [0.717, 1.165) is 0 Å². The largest absolute Gasteiger partial charge is 0.298 e. The van der Waals surface area contributed by atoms with Crippen LogP contribution in [0.2, 0.25) is 5.02 Å². The molecule has 1 aliphatic rings. The number of benzene rings is 1. The highest BCUT2D eigenvalue weighted by molar-refractivity contribution is 8.04. The number of ketones is 1. The fourth-order valence-electron chi connectivity index (χ4n) is 1.55. The number of carbonyl (C=O) groups is 2. The number of carbonyl (C=O) groups excluding carboxylic acids is 2. The summed E-state index contributed by atoms with van der Waals surface area (Å²) in [5, 5.41) is 1.55. The van der Waals surface area contributed by atoms with Gasteiger partial charge in [0.25, 0.3) is 5.91 Å². The Bertz CT molecular complexity index is 501. The summed E-state index contributed by atoms with van der Waals surface area (Å²) in [6.45, 7) is 1.42. The number of halogens is 1. The molecule has 88 valence electrons. The van der Waals surface area contributed by atoms with E-state index in [0.29, 0.717) is 10.7 Å². The molecule has 0 aliphatic carbocycles. The van der Waals surface area contributed by atoms with Crippen molar-refractivity contribution < 1.29 is 9.59 Å². The molecule has 3 nitrogen and oxygen atoms in total. The van der Waals surface area contributed by atoms with E-state index >= 15 is 0 Å². The molecule has 5 heteroatoms. The molecule has 0 bridgehead atoms. The van der Waals surface area contributed by atoms with Crippen molar-refractivity contribution >= 4 is 40.7 Å². The van der Waals surface area contributed by atoms with Crippen LogP contribution in [0.3, 0.4) is 0 Å². The van der Waals surface area contributed by atoms with Crippen LogP contribution in [-0.4, -0.2) is 16.9 Å². The van der Waals surface area contributed by atoms with Crippen LogP contribution in [-0.2, 0) is 9.59 Å². The van der Waals surface area contributed by atoms with Crippen molar-refractivity contribution in [1.82, 2.24) is 0 Å². The molecular formula is C12H10ClNO2S. The van der Waals surface area contributed by atoms with Crippen molar-refractivity contribution in [2.24, 2.45) is 0 Å². The third-order valence-corrected chi connectivity index (χ3v) is 3.77. The Kier molecular flexibility index (Phi) is 3.54. The second-order valence-corrected chi connectivity index (χ2v) is 4.99. The molecule has 17 heavy (non-hydrogen) atoms. The standard InChI is InChI=1S/C12H10ClNO2S/c1-8(15)11-12(16)14(6-7-17-11)10-5-3-2-4-9(10)13/h2-7,11H,1H3. The smallest absolute Gasteiger partial charge is 0.252 e. The molecule has 1 unspecified atom stereocenters. The van der Waals surface area contributed by atoms with E-state index < -0.39 is 5.25 Å². The average Bonchev–Trinajstić information content (AvgIpc) is 2.30. The summed E-state index contributed by atoms with van der Waals surface area (Å²) in [4.78, 5) is 24.9. The van der Waals surface area contributed by atoms with Gasteiger partial charge < -0.3 is 0 Å². The highest BCUT2D eigenvalue weighted by Gasteiger charge is 2.31. The lowest BCUT2D eigenvalue weighted by Crippen LogP contribution is -2.39. The fraction of sp³-hybridized carbons (Fsp3) is 0.167. The molecule has 0 aromatic heterocycles. The van der Waals surface area contributed by atoms with Crippen LogP contribution < -0.4 is 4.90 Å². The van der Waals surface area contributed by atoms with Crippen LogP contribution in [0.4, 0.5) is 5.69 Å². The third-order valence-electron chi connectivity index (χ3n) is 2.37. The summed E-state index contributed by atoms with van der Waals surface area (Å²) in [5.41, 5.74) is 0.599. The zero-order valence-electron chi connectivity index (χ0n) is 9.09. The Morgan fingerprint density at radius 1 is 1.41 bits per heavy atom. The molecule has 0 spiro atoms. The summed E-state index contributed by atoms with van der Waals surface area (Å²) in [6, 6.07) is 7.05. The SMILES string of the molecule is CC(=O)C1SC=CN(c2ccccc2Cl)C1=O. The minimum atomic E-state index is -0.670. The summed E-state index contributed by atoms with van der Waals surface area (Å²) >= 11 is 7.25. The first kappa shape index (κ1) is 12.2. The van der Waals surface area contributed by atoms with Gasteiger partial charge in [0, 0.05) is 6.20 Å². The first-order valence-electron chi connectivity index (χ1n) is 5.01. The van der Waals surface area contributed by atoms with E-state index in [2.05, 4.69) is 0 Å². The van der Waals surface area contributed by atoms with Gasteiger partial charge in [-0.05, 0) is 24.5 Å². The highest BCUT2D eigenvalue weighted by Crippen LogP contribution is 2.31. The van der Waals surface area contributed by atoms with E-state index in [1.165, 1.54) is 23.6 Å². The number of rotatable bonds is 2.